The van der Waals surface area contributed by atoms with E-state index < -0.39 is 4.92 Å². The number of carbonyl (C=O) groups excluding carboxylic acids is 1. The Morgan fingerprint density at radius 2 is 2.00 bits per heavy atom. The third kappa shape index (κ3) is 2.92. The SMILES string of the molecule is CN(c1ccc([N+](=O)[O-])cc1C=O)C1CCCCC1. The fourth-order valence-corrected chi connectivity index (χ4v) is 2.74. The molecule has 0 heterocycles. The number of nitrogens with zero attached hydrogens (tertiary/aromatic N) is 2. The van der Waals surface area contributed by atoms with Crippen molar-refractivity contribution >= 4 is 17.7 Å². The summed E-state index contributed by atoms with van der Waals surface area (Å²) < 4.78 is 0. The second-order valence-electron chi connectivity index (χ2n) is 5.02. The summed E-state index contributed by atoms with van der Waals surface area (Å²) in [5.74, 6) is 0. The summed E-state index contributed by atoms with van der Waals surface area (Å²) in [6, 6.07) is 4.91. The van der Waals surface area contributed by atoms with Gasteiger partial charge in [0.15, 0.2) is 6.29 Å². The zero-order valence-corrected chi connectivity index (χ0v) is 11.0. The molecule has 1 aromatic carbocycles. The van der Waals surface area contributed by atoms with Gasteiger partial charge < -0.3 is 4.90 Å². The van der Waals surface area contributed by atoms with Crippen molar-refractivity contribution in [3.05, 3.63) is 33.9 Å². The molecule has 0 bridgehead atoms. The topological polar surface area (TPSA) is 63.4 Å². The number of benzene rings is 1. The largest absolute Gasteiger partial charge is 0.371 e. The second-order valence-corrected chi connectivity index (χ2v) is 5.02. The molecule has 0 N–H and O–H groups in total. The lowest BCUT2D eigenvalue weighted by atomic mass is 9.94. The van der Waals surface area contributed by atoms with Crippen molar-refractivity contribution in [1.82, 2.24) is 0 Å². The van der Waals surface area contributed by atoms with Crippen LogP contribution in [0.1, 0.15) is 42.5 Å². The van der Waals surface area contributed by atoms with E-state index in [1.54, 1.807) is 6.07 Å². The summed E-state index contributed by atoms with van der Waals surface area (Å²) in [5.41, 5.74) is 1.14. The molecular formula is C14H18N2O3. The van der Waals surface area contributed by atoms with Crippen LogP contribution in [-0.2, 0) is 0 Å². The van der Waals surface area contributed by atoms with Crippen molar-refractivity contribution in [2.75, 3.05) is 11.9 Å². The summed E-state index contributed by atoms with van der Waals surface area (Å²) in [7, 11) is 1.96. The maximum Gasteiger partial charge on any atom is 0.270 e. The molecule has 0 unspecified atom stereocenters. The molecule has 0 radical (unpaired) electrons. The third-order valence-electron chi connectivity index (χ3n) is 3.85. The molecule has 1 aliphatic rings. The highest BCUT2D eigenvalue weighted by molar-refractivity contribution is 5.86. The van der Waals surface area contributed by atoms with Crippen LogP contribution < -0.4 is 4.90 Å². The molecule has 0 atom stereocenters. The van der Waals surface area contributed by atoms with Gasteiger partial charge in [-0.3, -0.25) is 14.9 Å². The second kappa shape index (κ2) is 5.82. The van der Waals surface area contributed by atoms with Gasteiger partial charge in [0.05, 0.1) is 4.92 Å². The highest BCUT2D eigenvalue weighted by atomic mass is 16.6. The summed E-state index contributed by atoms with van der Waals surface area (Å²) >= 11 is 0. The number of nitro groups is 1. The van der Waals surface area contributed by atoms with Crippen molar-refractivity contribution in [2.45, 2.75) is 38.1 Å². The minimum Gasteiger partial charge on any atom is -0.371 e. The minimum atomic E-state index is -0.475. The van der Waals surface area contributed by atoms with Crippen LogP contribution in [0.2, 0.25) is 0 Å². The Labute approximate surface area is 112 Å². The van der Waals surface area contributed by atoms with Gasteiger partial charge in [0.2, 0.25) is 0 Å². The predicted octanol–water partition coefficient (Wildman–Crippen LogP) is 3.18. The van der Waals surface area contributed by atoms with Gasteiger partial charge in [-0.25, -0.2) is 0 Å². The molecule has 5 nitrogen and oxygen atoms in total. The normalized spacial score (nSPS) is 16.1. The van der Waals surface area contributed by atoms with E-state index in [1.807, 2.05) is 7.05 Å². The lowest BCUT2D eigenvalue weighted by molar-refractivity contribution is -0.384. The van der Waals surface area contributed by atoms with E-state index in [0.717, 1.165) is 18.5 Å². The van der Waals surface area contributed by atoms with Crippen LogP contribution in [0.15, 0.2) is 18.2 Å². The van der Waals surface area contributed by atoms with E-state index in [4.69, 9.17) is 0 Å². The van der Waals surface area contributed by atoms with Crippen molar-refractivity contribution in [3.63, 3.8) is 0 Å². The first-order valence-corrected chi connectivity index (χ1v) is 6.60. The van der Waals surface area contributed by atoms with Crippen molar-refractivity contribution < 1.29 is 9.72 Å². The van der Waals surface area contributed by atoms with E-state index in [9.17, 15) is 14.9 Å². The number of carbonyl (C=O) groups is 1. The average molecular weight is 262 g/mol. The molecule has 1 saturated carbocycles. The lowest BCUT2D eigenvalue weighted by Crippen LogP contribution is -2.33. The molecule has 2 rings (SSSR count). The van der Waals surface area contributed by atoms with Gasteiger partial charge in [-0.2, -0.15) is 0 Å². The van der Waals surface area contributed by atoms with Crippen LogP contribution in [0.25, 0.3) is 0 Å². The monoisotopic (exact) mass is 262 g/mol. The molecule has 0 amide bonds. The number of aldehydes is 1. The van der Waals surface area contributed by atoms with Crippen LogP contribution in [0.3, 0.4) is 0 Å². The van der Waals surface area contributed by atoms with E-state index >= 15 is 0 Å². The van der Waals surface area contributed by atoms with E-state index in [0.29, 0.717) is 17.9 Å². The number of rotatable bonds is 4. The molecule has 0 saturated heterocycles. The number of nitro benzene ring substituents is 1. The molecule has 1 aliphatic carbocycles. The van der Waals surface area contributed by atoms with Crippen molar-refractivity contribution in [1.29, 1.82) is 0 Å². The maximum atomic E-state index is 11.1. The minimum absolute atomic E-state index is 0.0390. The Bertz CT molecular complexity index is 482. The fraction of sp³-hybridized carbons (Fsp3) is 0.500. The Morgan fingerprint density at radius 3 is 2.58 bits per heavy atom. The maximum absolute atomic E-state index is 11.1. The summed E-state index contributed by atoms with van der Waals surface area (Å²) in [4.78, 5) is 23.5. The smallest absolute Gasteiger partial charge is 0.270 e. The predicted molar refractivity (Wildman–Crippen MR) is 73.8 cm³/mol. The van der Waals surface area contributed by atoms with Gasteiger partial charge in [0.25, 0.3) is 5.69 Å². The van der Waals surface area contributed by atoms with E-state index in [2.05, 4.69) is 4.90 Å². The first-order valence-electron chi connectivity index (χ1n) is 6.60. The van der Waals surface area contributed by atoms with Crippen LogP contribution >= 0.6 is 0 Å². The standard InChI is InChI=1S/C14H18N2O3/c1-15(12-5-3-2-4-6-12)14-8-7-13(16(18)19)9-11(14)10-17/h7-10,12H,2-6H2,1H3. The molecule has 0 aliphatic heterocycles. The molecule has 0 aromatic heterocycles. The van der Waals surface area contributed by atoms with Crippen molar-refractivity contribution in [3.8, 4) is 0 Å². The molecule has 1 aromatic rings. The first-order chi connectivity index (χ1) is 9.13. The van der Waals surface area contributed by atoms with Crippen LogP contribution in [0.4, 0.5) is 11.4 Å². The molecule has 5 heteroatoms. The fourth-order valence-electron chi connectivity index (χ4n) is 2.74. The number of non-ortho nitro benzene ring substituents is 1. The number of anilines is 1. The van der Waals surface area contributed by atoms with Crippen LogP contribution in [-0.4, -0.2) is 24.3 Å². The van der Waals surface area contributed by atoms with Gasteiger partial charge in [-0.1, -0.05) is 19.3 Å². The summed E-state index contributed by atoms with van der Waals surface area (Å²) in [5, 5.41) is 10.7. The van der Waals surface area contributed by atoms with Gasteiger partial charge in [0, 0.05) is 36.5 Å². The zero-order valence-electron chi connectivity index (χ0n) is 11.0. The van der Waals surface area contributed by atoms with Gasteiger partial charge >= 0.3 is 0 Å². The Morgan fingerprint density at radius 1 is 1.32 bits per heavy atom. The van der Waals surface area contributed by atoms with E-state index in [1.165, 1.54) is 31.4 Å². The Balaban J connectivity index is 2.27. The molecule has 0 spiro atoms. The highest BCUT2D eigenvalue weighted by Crippen LogP contribution is 2.29. The van der Waals surface area contributed by atoms with Gasteiger partial charge in [-0.15, -0.1) is 0 Å². The average Bonchev–Trinajstić information content (AvgIpc) is 2.46. The Hall–Kier alpha value is -1.91. The number of hydrogen-bond donors (Lipinski definition) is 0. The summed E-state index contributed by atoms with van der Waals surface area (Å²) in [6.45, 7) is 0. The molecule has 102 valence electrons. The highest BCUT2D eigenvalue weighted by Gasteiger charge is 2.21. The van der Waals surface area contributed by atoms with Crippen LogP contribution in [0, 0.1) is 10.1 Å². The Kier molecular flexibility index (Phi) is 4.14. The summed E-state index contributed by atoms with van der Waals surface area (Å²) in [6.07, 6.45) is 6.61. The molecular weight excluding hydrogens is 244 g/mol. The first kappa shape index (κ1) is 13.5. The van der Waals surface area contributed by atoms with Crippen LogP contribution in [0.5, 0.6) is 0 Å². The quantitative estimate of drug-likeness (QED) is 0.475. The zero-order chi connectivity index (χ0) is 13.8. The lowest BCUT2D eigenvalue weighted by Gasteiger charge is -2.33. The third-order valence-corrected chi connectivity index (χ3v) is 3.85. The van der Waals surface area contributed by atoms with Gasteiger partial charge in [-0.05, 0) is 18.9 Å². The number of hydrogen-bond acceptors (Lipinski definition) is 4. The van der Waals surface area contributed by atoms with E-state index in [-0.39, 0.29) is 5.69 Å². The molecule has 19 heavy (non-hydrogen) atoms. The van der Waals surface area contributed by atoms with Crippen molar-refractivity contribution in [2.24, 2.45) is 0 Å². The molecule has 1 fully saturated rings. The van der Waals surface area contributed by atoms with Gasteiger partial charge in [0.1, 0.15) is 0 Å².